The normalized spacial score (nSPS) is 17.1. The summed E-state index contributed by atoms with van der Waals surface area (Å²) in [6, 6.07) is 12.4. The number of nitriles is 1. The van der Waals surface area contributed by atoms with E-state index in [1.165, 1.54) is 12.1 Å². The Morgan fingerprint density at radius 2 is 1.98 bits per heavy atom. The summed E-state index contributed by atoms with van der Waals surface area (Å²) in [5, 5.41) is 14.6. The highest BCUT2D eigenvalue weighted by Gasteiger charge is 2.25. The third-order valence-electron chi connectivity index (χ3n) is 8.05. The van der Waals surface area contributed by atoms with E-state index in [1.54, 1.807) is 23.1 Å². The van der Waals surface area contributed by atoms with E-state index in [1.807, 2.05) is 39.8 Å². The summed E-state index contributed by atoms with van der Waals surface area (Å²) >= 11 is 0. The van der Waals surface area contributed by atoms with Crippen molar-refractivity contribution in [1.82, 2.24) is 29.0 Å². The van der Waals surface area contributed by atoms with Crippen molar-refractivity contribution in [2.24, 2.45) is 5.73 Å². The molecule has 1 amide bonds. The highest BCUT2D eigenvalue weighted by molar-refractivity contribution is 5.91. The minimum absolute atomic E-state index is 0.0228. The minimum Gasteiger partial charge on any atom is -0.352 e. The van der Waals surface area contributed by atoms with Gasteiger partial charge in [-0.05, 0) is 43.5 Å². The summed E-state index contributed by atoms with van der Waals surface area (Å²) in [7, 11) is 0. The molecule has 10 nitrogen and oxygen atoms in total. The number of hydrogen-bond acceptors (Lipinski definition) is 7. The van der Waals surface area contributed by atoms with Gasteiger partial charge in [0.05, 0.1) is 28.7 Å². The molecule has 0 unspecified atom stereocenters. The summed E-state index contributed by atoms with van der Waals surface area (Å²) in [6.45, 7) is 3.30. The Morgan fingerprint density at radius 3 is 2.73 bits per heavy atom. The van der Waals surface area contributed by atoms with Gasteiger partial charge >= 0.3 is 0 Å². The summed E-state index contributed by atoms with van der Waals surface area (Å²) < 4.78 is 18.5. The van der Waals surface area contributed by atoms with Crippen LogP contribution in [-0.4, -0.2) is 67.2 Å². The van der Waals surface area contributed by atoms with Crippen LogP contribution in [0.4, 0.5) is 10.2 Å². The molecule has 11 heteroatoms. The zero-order valence-corrected chi connectivity index (χ0v) is 22.4. The van der Waals surface area contributed by atoms with Crippen molar-refractivity contribution in [3.63, 3.8) is 0 Å². The molecule has 3 aromatic heterocycles. The topological polar surface area (TPSA) is 121 Å². The van der Waals surface area contributed by atoms with Crippen LogP contribution in [0, 0.1) is 17.1 Å². The molecule has 0 radical (unpaired) electrons. The molecule has 2 N–H and O–H groups in total. The fraction of sp³-hybridized carbons (Fsp3) is 0.300. The number of likely N-dealkylation sites (tertiary alicyclic amines) is 1. The van der Waals surface area contributed by atoms with Crippen molar-refractivity contribution < 1.29 is 9.18 Å². The monoisotopic (exact) mass is 549 g/mol. The van der Waals surface area contributed by atoms with Crippen LogP contribution in [0.3, 0.4) is 0 Å². The van der Waals surface area contributed by atoms with E-state index in [4.69, 9.17) is 10.7 Å². The quantitative estimate of drug-likeness (QED) is 0.356. The smallest absolute Gasteiger partial charge is 0.244 e. The van der Waals surface area contributed by atoms with Crippen LogP contribution in [0.2, 0.25) is 0 Å². The molecule has 2 fully saturated rings. The van der Waals surface area contributed by atoms with Crippen molar-refractivity contribution >= 4 is 28.3 Å². The maximum atomic E-state index is 14.8. The average molecular weight is 550 g/mol. The Morgan fingerprint density at radius 1 is 1.12 bits per heavy atom. The maximum absolute atomic E-state index is 14.8. The lowest BCUT2D eigenvalue weighted by molar-refractivity contribution is -0.135. The first kappa shape index (κ1) is 25.2. The molecule has 0 bridgehead atoms. The first-order valence-electron chi connectivity index (χ1n) is 13.8. The van der Waals surface area contributed by atoms with Crippen LogP contribution in [0.5, 0.6) is 0 Å². The van der Waals surface area contributed by atoms with Crippen LogP contribution >= 0.6 is 0 Å². The molecule has 0 spiro atoms. The molecule has 5 heterocycles. The Labute approximate surface area is 235 Å². The van der Waals surface area contributed by atoms with Crippen LogP contribution in [-0.2, 0) is 11.3 Å². The average Bonchev–Trinajstić information content (AvgIpc) is 3.53. The molecule has 2 aliphatic rings. The van der Waals surface area contributed by atoms with E-state index < -0.39 is 5.82 Å². The summed E-state index contributed by atoms with van der Waals surface area (Å²) in [6.07, 6.45) is 8.33. The molecular formula is C30H28FN9O. The third kappa shape index (κ3) is 4.37. The van der Waals surface area contributed by atoms with Crippen LogP contribution in [0.15, 0.2) is 55.0 Å². The molecule has 1 atom stereocenters. The Kier molecular flexibility index (Phi) is 6.12. The van der Waals surface area contributed by atoms with Crippen molar-refractivity contribution in [2.45, 2.75) is 31.8 Å². The molecule has 0 aliphatic carbocycles. The Balaban J connectivity index is 1.37. The lowest BCUT2D eigenvalue weighted by atomic mass is 10.0. The van der Waals surface area contributed by atoms with E-state index >= 15 is 0 Å². The summed E-state index contributed by atoms with van der Waals surface area (Å²) in [4.78, 5) is 26.3. The molecule has 7 rings (SSSR count). The number of piperidine rings is 1. The Bertz CT molecular complexity index is 1850. The number of carbonyl (C=O) groups is 1. The molecule has 2 aliphatic heterocycles. The van der Waals surface area contributed by atoms with Gasteiger partial charge in [-0.2, -0.15) is 10.4 Å². The van der Waals surface area contributed by atoms with Gasteiger partial charge in [0.15, 0.2) is 11.5 Å². The second-order valence-electron chi connectivity index (χ2n) is 10.7. The van der Waals surface area contributed by atoms with E-state index in [9.17, 15) is 14.4 Å². The predicted octanol–water partition coefficient (Wildman–Crippen LogP) is 3.58. The number of halogens is 1. The number of imidazole rings is 1. The number of rotatable bonds is 5. The van der Waals surface area contributed by atoms with Gasteiger partial charge in [0.1, 0.15) is 18.4 Å². The van der Waals surface area contributed by atoms with Crippen molar-refractivity contribution in [3.05, 3.63) is 66.4 Å². The fourth-order valence-corrected chi connectivity index (χ4v) is 5.77. The van der Waals surface area contributed by atoms with Crippen LogP contribution in [0.1, 0.15) is 24.8 Å². The minimum atomic E-state index is -0.600. The molecular weight excluding hydrogens is 521 g/mol. The van der Waals surface area contributed by atoms with Gasteiger partial charge in [0.25, 0.3) is 0 Å². The molecule has 41 heavy (non-hydrogen) atoms. The van der Waals surface area contributed by atoms with Gasteiger partial charge < -0.3 is 15.5 Å². The van der Waals surface area contributed by atoms with E-state index in [0.29, 0.717) is 23.4 Å². The second-order valence-corrected chi connectivity index (χ2v) is 10.7. The third-order valence-corrected chi connectivity index (χ3v) is 8.05. The number of benzene rings is 2. The lowest BCUT2D eigenvalue weighted by Crippen LogP contribution is -2.43. The van der Waals surface area contributed by atoms with Gasteiger partial charge in [0, 0.05) is 61.1 Å². The van der Waals surface area contributed by atoms with E-state index in [2.05, 4.69) is 15.0 Å². The van der Waals surface area contributed by atoms with Crippen molar-refractivity contribution in [3.8, 4) is 28.6 Å². The maximum Gasteiger partial charge on any atom is 0.244 e. The number of carbonyl (C=O) groups excluding carboxylic acids is 1. The van der Waals surface area contributed by atoms with E-state index in [-0.39, 0.29) is 24.1 Å². The summed E-state index contributed by atoms with van der Waals surface area (Å²) in [5.41, 5.74) is 10.5. The molecule has 206 valence electrons. The largest absolute Gasteiger partial charge is 0.352 e. The summed E-state index contributed by atoms with van der Waals surface area (Å²) in [5.74, 6) is 0.189. The number of fused-ring (bicyclic) bond motifs is 2. The fourth-order valence-electron chi connectivity index (χ4n) is 5.77. The number of nitrogens with zero attached hydrogens (tertiary/aromatic N) is 8. The number of anilines is 1. The predicted molar refractivity (Wildman–Crippen MR) is 152 cm³/mol. The molecule has 0 saturated carbocycles. The number of amides is 1. The lowest BCUT2D eigenvalue weighted by Gasteiger charge is -2.31. The van der Waals surface area contributed by atoms with Gasteiger partial charge in [-0.25, -0.2) is 14.4 Å². The molecule has 5 aromatic rings. The number of hydrogen-bond donors (Lipinski definition) is 1. The Hall–Kier alpha value is -4.82. The van der Waals surface area contributed by atoms with Crippen LogP contribution < -0.4 is 10.6 Å². The standard InChI is InChI=1S/C30H28FN9O/c31-24-14-19(4-5-21(24)15-32)27-28(39-12-8-34-29(30(39)36-27)38-9-1-3-23(33)17-38)20-6-7-25-22(13-20)16-35-40(25)18-26(41)37-10-2-11-37/h4-8,12-14,16,23H,1-3,9-11,17-18,33H2/t23-/m1/s1. The van der Waals surface area contributed by atoms with Gasteiger partial charge in [-0.15, -0.1) is 0 Å². The first-order valence-corrected chi connectivity index (χ1v) is 13.8. The van der Waals surface area contributed by atoms with Crippen molar-refractivity contribution in [2.75, 3.05) is 31.1 Å². The van der Waals surface area contributed by atoms with Gasteiger partial charge in [0.2, 0.25) is 5.91 Å². The number of nitrogens with two attached hydrogens (primary N) is 1. The SMILES string of the molecule is N#Cc1ccc(-c2nc3c(N4CCC[C@@H](N)C4)nccn3c2-c2ccc3c(cnn3CC(=O)N3CCC3)c2)cc1F. The highest BCUT2D eigenvalue weighted by Crippen LogP contribution is 2.37. The van der Waals surface area contributed by atoms with Crippen LogP contribution in [0.25, 0.3) is 39.1 Å². The molecule has 2 aromatic carbocycles. The molecule has 2 saturated heterocycles. The van der Waals surface area contributed by atoms with Gasteiger partial charge in [-0.3, -0.25) is 13.9 Å². The zero-order valence-electron chi connectivity index (χ0n) is 22.4. The van der Waals surface area contributed by atoms with Crippen molar-refractivity contribution in [1.29, 1.82) is 5.26 Å². The zero-order chi connectivity index (χ0) is 28.1. The van der Waals surface area contributed by atoms with Gasteiger partial charge in [-0.1, -0.05) is 12.1 Å². The second kappa shape index (κ2) is 9.98. The number of aromatic nitrogens is 5. The first-order chi connectivity index (χ1) is 20.0. The highest BCUT2D eigenvalue weighted by atomic mass is 19.1. The van der Waals surface area contributed by atoms with E-state index in [0.717, 1.165) is 66.9 Å².